The normalized spacial score (nSPS) is 11.5. The van der Waals surface area contributed by atoms with Crippen LogP contribution in [0.4, 0.5) is 0 Å². The van der Waals surface area contributed by atoms with Gasteiger partial charge >= 0.3 is 0 Å². The van der Waals surface area contributed by atoms with E-state index in [0.29, 0.717) is 11.6 Å². The molecule has 19 rings (SSSR count). The molecule has 0 spiro atoms. The molecule has 19 aromatic rings. The maximum atomic E-state index is 5.38. The number of aromatic nitrogens is 12. The standard InChI is InChI=1S/C62H74N3.C35H23N6.C30H26N3.3Ir/c1-40(2)54-36-50(37-55(41(3)4)56(54)65-58(46-20-18-17-19-21-46)63-57(64-65)51-31-42(5)30-43(6)32-51)49-34-47(44-22-26-52(27-23-44)61(13,14)38-59(7,8)9)33-48(35-49)45-24-28-53(29-25-45)62(15,16)39-60(10,11)12;1-3-9-25(10-4-1)34-39-35(26-11-5-2-6-12-26)41(40-34)33-20-32(23-38-24-33)31-18-29(27-13-7-15-36-21-27)17-30(19-31)28-14-8-16-37-22-28;1-20-15-21(2)17-27(16-20)29-31-30(25-13-9-6-10-14-25)33(32-29)28-22(3)18-26(19-23(28)4)24-11-7-5-8-12-24;;;/h17-20,22-37,40-41H,38-39H2,1-16H3;1-11,13-24H;5-13,15-19H,1-4H3;;;/q3*-1;;;. The summed E-state index contributed by atoms with van der Waals surface area (Å²) in [5, 5.41) is 15.3. The second-order valence-electron chi connectivity index (χ2n) is 41.5. The molecule has 6 aromatic heterocycles. The van der Waals surface area contributed by atoms with Crippen molar-refractivity contribution >= 4 is 0 Å². The van der Waals surface area contributed by atoms with Gasteiger partial charge in [-0.15, -0.1) is 108 Å². The third-order valence-corrected chi connectivity index (χ3v) is 25.5. The summed E-state index contributed by atoms with van der Waals surface area (Å²) in [5.74, 6) is 4.78. The van der Waals surface area contributed by atoms with E-state index in [0.717, 1.165) is 131 Å². The Balaban J connectivity index is 0.000000178. The number of hydrogen-bond donors (Lipinski definition) is 0. The fraction of sp³-hybridized carbons (Fsp3) is 0.220. The summed E-state index contributed by atoms with van der Waals surface area (Å²) < 4.78 is 5.94. The molecule has 12 nitrogen and oxygen atoms in total. The van der Waals surface area contributed by atoms with E-state index >= 15 is 0 Å². The van der Waals surface area contributed by atoms with E-state index in [9.17, 15) is 0 Å². The first-order valence-electron chi connectivity index (χ1n) is 48.4. The van der Waals surface area contributed by atoms with Crippen LogP contribution < -0.4 is 0 Å². The van der Waals surface area contributed by atoms with Crippen LogP contribution in [0.2, 0.25) is 0 Å². The molecule has 0 fully saturated rings. The fourth-order valence-electron chi connectivity index (χ4n) is 19.9. The first-order chi connectivity index (χ1) is 66.7. The van der Waals surface area contributed by atoms with Crippen LogP contribution in [-0.4, -0.2) is 59.2 Å². The molecule has 3 radical (unpaired) electrons. The summed E-state index contributed by atoms with van der Waals surface area (Å²) in [7, 11) is 0. The number of rotatable bonds is 22. The molecule has 15 heteroatoms. The Morgan fingerprint density at radius 3 is 0.958 bits per heavy atom. The number of hydrogen-bond acceptors (Lipinski definition) is 9. The van der Waals surface area contributed by atoms with E-state index in [-0.39, 0.29) is 93.8 Å². The van der Waals surface area contributed by atoms with Gasteiger partial charge in [0.05, 0.1) is 40.7 Å². The van der Waals surface area contributed by atoms with Crippen molar-refractivity contribution in [1.82, 2.24) is 59.2 Å². The number of aryl methyl sites for hydroxylation is 6. The second kappa shape index (κ2) is 44.9. The van der Waals surface area contributed by atoms with Crippen LogP contribution in [0, 0.1) is 70.6 Å². The smallest absolute Gasteiger partial charge is 0.171 e. The molecule has 0 aliphatic rings. The Morgan fingerprint density at radius 1 is 0.268 bits per heavy atom. The summed E-state index contributed by atoms with van der Waals surface area (Å²) in [4.78, 5) is 28.5. The van der Waals surface area contributed by atoms with E-state index in [1.807, 2.05) is 143 Å². The third kappa shape index (κ3) is 24.7. The van der Waals surface area contributed by atoms with Gasteiger partial charge in [0.1, 0.15) is 0 Å². The summed E-state index contributed by atoms with van der Waals surface area (Å²) in [6, 6.07) is 119. The Hall–Kier alpha value is -13.3. The van der Waals surface area contributed by atoms with Gasteiger partial charge in [-0.05, 0) is 286 Å². The molecule has 0 N–H and O–H groups in total. The molecule has 0 aliphatic heterocycles. The van der Waals surface area contributed by atoms with Crippen molar-refractivity contribution in [1.29, 1.82) is 0 Å². The van der Waals surface area contributed by atoms with E-state index in [4.69, 9.17) is 30.2 Å². The van der Waals surface area contributed by atoms with Crippen molar-refractivity contribution in [3.05, 3.63) is 420 Å². The Kier molecular flexibility index (Phi) is 33.0. The van der Waals surface area contributed by atoms with Gasteiger partial charge in [0, 0.05) is 125 Å². The predicted molar refractivity (Wildman–Crippen MR) is 575 cm³/mol. The van der Waals surface area contributed by atoms with Crippen LogP contribution >= 0.6 is 0 Å². The van der Waals surface area contributed by atoms with Crippen molar-refractivity contribution in [2.45, 2.75) is 174 Å². The van der Waals surface area contributed by atoms with Gasteiger partial charge in [0.2, 0.25) is 0 Å². The van der Waals surface area contributed by atoms with Crippen molar-refractivity contribution in [2.75, 3.05) is 0 Å². The molecule has 721 valence electrons. The molecule has 6 heterocycles. The zero-order valence-corrected chi connectivity index (χ0v) is 92.0. The number of nitrogens with zero attached hydrogens (tertiary/aromatic N) is 12. The fourth-order valence-corrected chi connectivity index (χ4v) is 19.9. The molecule has 0 atom stereocenters. The van der Waals surface area contributed by atoms with Gasteiger partial charge in [-0.3, -0.25) is 43.9 Å². The Bertz CT molecular complexity index is 7290. The van der Waals surface area contributed by atoms with Gasteiger partial charge in [-0.2, -0.15) is 15.3 Å². The quantitative estimate of drug-likeness (QED) is 0.0609. The minimum atomic E-state index is 0. The van der Waals surface area contributed by atoms with Crippen LogP contribution in [0.3, 0.4) is 0 Å². The molecule has 0 aliphatic carbocycles. The molecule has 0 saturated heterocycles. The SMILES string of the molecule is Cc1cc(C)cc(-c2nc(-c3[c-]cccc3)n(-c3c(C(C)C)cc(-c4cc(-c5ccc(C(C)(C)CC(C)(C)C)cc5)cc(-c5ccc(C(C)(C)CC(C)(C)C)cc5)c4)cc3C(C)C)n2)c1.Cc1cc(C)cc(-c2nc(-c3[c-]cccc3)n(-c3c(C)cc(-c4ccccc4)cc3C)n2)c1.[Ir].[Ir].[Ir].[c-]1ccccc1-c1nc(-c2ccccc2)nn1-c1cncc(-c2cc(-c3cccnc3)cc(-c3cccnc3)c2)c1. The molecule has 0 unspecified atom stereocenters. The molecule has 142 heavy (non-hydrogen) atoms. The number of benzene rings is 13. The number of pyridine rings is 3. The maximum Gasteiger partial charge on any atom is 0.171 e. The van der Waals surface area contributed by atoms with Gasteiger partial charge in [0.15, 0.2) is 17.5 Å². The first-order valence-corrected chi connectivity index (χ1v) is 48.4. The van der Waals surface area contributed by atoms with E-state index in [1.165, 1.54) is 89.0 Å². The topological polar surface area (TPSA) is 131 Å². The van der Waals surface area contributed by atoms with Crippen LogP contribution in [0.1, 0.15) is 177 Å². The summed E-state index contributed by atoms with van der Waals surface area (Å²) in [6.45, 7) is 45.5. The zero-order valence-electron chi connectivity index (χ0n) is 84.8. The van der Waals surface area contributed by atoms with Gasteiger partial charge in [-0.1, -0.05) is 253 Å². The van der Waals surface area contributed by atoms with E-state index < -0.39 is 0 Å². The van der Waals surface area contributed by atoms with Crippen LogP contribution in [-0.2, 0) is 71.1 Å². The largest absolute Gasteiger partial charge is 0.264 e. The first kappa shape index (κ1) is 105. The van der Waals surface area contributed by atoms with E-state index in [1.54, 1.807) is 12.4 Å². The van der Waals surface area contributed by atoms with Crippen molar-refractivity contribution in [3.63, 3.8) is 0 Å². The molecule has 0 saturated carbocycles. The zero-order chi connectivity index (χ0) is 97.6. The Labute approximate surface area is 880 Å². The molecule has 13 aromatic carbocycles. The molecule has 0 bridgehead atoms. The summed E-state index contributed by atoms with van der Waals surface area (Å²) in [6.07, 6.45) is 13.2. The van der Waals surface area contributed by atoms with Crippen molar-refractivity contribution < 1.29 is 60.3 Å². The summed E-state index contributed by atoms with van der Waals surface area (Å²) in [5.41, 5.74) is 37.5. The Morgan fingerprint density at radius 2 is 0.585 bits per heavy atom. The van der Waals surface area contributed by atoms with Crippen LogP contribution in [0.5, 0.6) is 0 Å². The van der Waals surface area contributed by atoms with Crippen LogP contribution in [0.15, 0.2) is 347 Å². The van der Waals surface area contributed by atoms with Crippen molar-refractivity contribution in [3.8, 4) is 163 Å². The average molecular weight is 2390 g/mol. The average Bonchev–Trinajstić information content (AvgIpc) is 1.56. The predicted octanol–water partition coefficient (Wildman–Crippen LogP) is 32.6. The second-order valence-corrected chi connectivity index (χ2v) is 41.5. The molecule has 0 amide bonds. The summed E-state index contributed by atoms with van der Waals surface area (Å²) >= 11 is 0. The van der Waals surface area contributed by atoms with Gasteiger partial charge in [-0.25, -0.2) is 0 Å². The van der Waals surface area contributed by atoms with Gasteiger partial charge in [0.25, 0.3) is 0 Å². The molecular formula is C127H123Ir3N12-3. The van der Waals surface area contributed by atoms with Gasteiger partial charge < -0.3 is 0 Å². The molecular weight excluding hydrogens is 2270 g/mol. The third-order valence-electron chi connectivity index (χ3n) is 25.5. The monoisotopic (exact) mass is 2390 g/mol. The van der Waals surface area contributed by atoms with E-state index in [2.05, 4.69) is 376 Å². The minimum absolute atomic E-state index is 0. The van der Waals surface area contributed by atoms with Crippen molar-refractivity contribution in [2.24, 2.45) is 10.8 Å². The minimum Gasteiger partial charge on any atom is -0.264 e. The maximum absolute atomic E-state index is 5.38. The van der Waals surface area contributed by atoms with Crippen LogP contribution in [0.25, 0.3) is 163 Å².